The number of aromatic nitrogens is 1. The molecule has 0 aliphatic carbocycles. The number of benzene rings is 2. The molecule has 27 heavy (non-hydrogen) atoms. The van der Waals surface area contributed by atoms with Crippen LogP contribution in [0.5, 0.6) is 0 Å². The molecule has 0 spiro atoms. The molecule has 3 aromatic rings. The molecule has 0 bridgehead atoms. The van der Waals surface area contributed by atoms with Crippen molar-refractivity contribution in [3.63, 3.8) is 0 Å². The Morgan fingerprint density at radius 3 is 2.74 bits per heavy atom. The molecule has 1 aliphatic rings. The highest BCUT2D eigenvalue weighted by Crippen LogP contribution is 2.26. The summed E-state index contributed by atoms with van der Waals surface area (Å²) in [6, 6.07) is 9.65. The number of fused-ring (bicyclic) bond motifs is 1. The Bertz CT molecular complexity index is 932. The third-order valence-electron chi connectivity index (χ3n) is 5.03. The number of hydrogen-bond donors (Lipinski definition) is 1. The minimum Gasteiger partial charge on any atom is -0.381 e. The van der Waals surface area contributed by atoms with Crippen LogP contribution in [0.2, 0.25) is 0 Å². The normalized spacial score (nSPS) is 18.0. The Labute approximate surface area is 155 Å². The van der Waals surface area contributed by atoms with Crippen LogP contribution in [0.4, 0.5) is 18.9 Å². The quantitative estimate of drug-likeness (QED) is 0.719. The lowest BCUT2D eigenvalue weighted by atomic mass is 10.0. The number of nitrogens with one attached hydrogen (secondary N) is 1. The van der Waals surface area contributed by atoms with Crippen molar-refractivity contribution >= 4 is 16.5 Å². The molecule has 6 heteroatoms. The number of halogens is 3. The zero-order chi connectivity index (χ0) is 18.8. The molecule has 140 valence electrons. The first-order valence-electron chi connectivity index (χ1n) is 9.05. The van der Waals surface area contributed by atoms with Crippen LogP contribution in [0.3, 0.4) is 0 Å². The summed E-state index contributed by atoms with van der Waals surface area (Å²) in [5.41, 5.74) is 0.953. The second-order valence-corrected chi connectivity index (χ2v) is 6.97. The Hall–Kier alpha value is -2.60. The van der Waals surface area contributed by atoms with E-state index in [-0.39, 0.29) is 18.2 Å². The molecule has 3 nitrogen and oxygen atoms in total. The predicted octanol–water partition coefficient (Wildman–Crippen LogP) is 4.73. The lowest BCUT2D eigenvalue weighted by Gasteiger charge is -2.34. The van der Waals surface area contributed by atoms with E-state index in [1.165, 1.54) is 0 Å². The molecule has 0 radical (unpaired) electrons. The SMILES string of the molecule is Fc1cc(F)c(CN2CCCC(Nc3cccc4cnccc34)C2)c(F)c1. The zero-order valence-electron chi connectivity index (χ0n) is 14.8. The molecule has 1 atom stereocenters. The van der Waals surface area contributed by atoms with Crippen molar-refractivity contribution < 1.29 is 13.2 Å². The van der Waals surface area contributed by atoms with Crippen LogP contribution in [0.15, 0.2) is 48.8 Å². The smallest absolute Gasteiger partial charge is 0.133 e. The maximum absolute atomic E-state index is 14.0. The van der Waals surface area contributed by atoms with Gasteiger partial charge in [0.15, 0.2) is 0 Å². The van der Waals surface area contributed by atoms with Gasteiger partial charge in [-0.3, -0.25) is 9.88 Å². The van der Waals surface area contributed by atoms with E-state index in [9.17, 15) is 13.2 Å². The summed E-state index contributed by atoms with van der Waals surface area (Å²) in [5, 5.41) is 5.72. The van der Waals surface area contributed by atoms with Crippen molar-refractivity contribution in [1.29, 1.82) is 0 Å². The average molecular weight is 371 g/mol. The highest BCUT2D eigenvalue weighted by atomic mass is 19.1. The summed E-state index contributed by atoms with van der Waals surface area (Å²) < 4.78 is 41.0. The second kappa shape index (κ2) is 7.56. The van der Waals surface area contributed by atoms with Crippen LogP contribution in [-0.4, -0.2) is 29.0 Å². The minimum absolute atomic E-state index is 0.0757. The highest BCUT2D eigenvalue weighted by molar-refractivity contribution is 5.93. The summed E-state index contributed by atoms with van der Waals surface area (Å²) >= 11 is 0. The van der Waals surface area contributed by atoms with E-state index in [2.05, 4.69) is 10.3 Å². The molecule has 1 fully saturated rings. The van der Waals surface area contributed by atoms with E-state index >= 15 is 0 Å². The molecule has 1 N–H and O–H groups in total. The van der Waals surface area contributed by atoms with Crippen LogP contribution >= 0.6 is 0 Å². The van der Waals surface area contributed by atoms with Gasteiger partial charge in [0.25, 0.3) is 0 Å². The summed E-state index contributed by atoms with van der Waals surface area (Å²) in [7, 11) is 0. The standard InChI is InChI=1S/C21H20F3N3/c22-15-9-19(23)18(20(24)10-15)13-27-8-2-4-16(12-27)26-21-5-1-3-14-11-25-7-6-17(14)21/h1,3,5-7,9-11,16,26H,2,4,8,12-13H2. The van der Waals surface area contributed by atoms with Crippen molar-refractivity contribution in [3.8, 4) is 0 Å². The van der Waals surface area contributed by atoms with Gasteiger partial charge in [-0.2, -0.15) is 0 Å². The van der Waals surface area contributed by atoms with E-state index < -0.39 is 17.5 Å². The topological polar surface area (TPSA) is 28.2 Å². The molecule has 1 aliphatic heterocycles. The van der Waals surface area contributed by atoms with E-state index in [0.29, 0.717) is 6.54 Å². The van der Waals surface area contributed by atoms with E-state index in [1.54, 1.807) is 6.20 Å². The predicted molar refractivity (Wildman–Crippen MR) is 100.0 cm³/mol. The molecule has 1 unspecified atom stereocenters. The van der Waals surface area contributed by atoms with Crippen LogP contribution in [0.25, 0.3) is 10.8 Å². The van der Waals surface area contributed by atoms with Gasteiger partial charge in [0.2, 0.25) is 0 Å². The maximum Gasteiger partial charge on any atom is 0.133 e. The molecule has 1 aromatic heterocycles. The van der Waals surface area contributed by atoms with E-state index in [4.69, 9.17) is 0 Å². The van der Waals surface area contributed by atoms with E-state index in [0.717, 1.165) is 48.0 Å². The van der Waals surface area contributed by atoms with Gasteiger partial charge in [0.1, 0.15) is 17.5 Å². The lowest BCUT2D eigenvalue weighted by Crippen LogP contribution is -2.41. The van der Waals surface area contributed by atoms with Gasteiger partial charge in [0.05, 0.1) is 0 Å². The fraction of sp³-hybridized carbons (Fsp3) is 0.286. The average Bonchev–Trinajstić information content (AvgIpc) is 2.65. The summed E-state index contributed by atoms with van der Waals surface area (Å²) in [5.74, 6) is -2.55. The van der Waals surface area contributed by atoms with Gasteiger partial charge in [-0.15, -0.1) is 0 Å². The van der Waals surface area contributed by atoms with Crippen LogP contribution < -0.4 is 5.32 Å². The van der Waals surface area contributed by atoms with Crippen molar-refractivity contribution in [3.05, 3.63) is 71.8 Å². The molecule has 0 saturated carbocycles. The molecule has 0 amide bonds. The largest absolute Gasteiger partial charge is 0.381 e. The van der Waals surface area contributed by atoms with Gasteiger partial charge in [-0.1, -0.05) is 12.1 Å². The summed E-state index contributed by atoms with van der Waals surface area (Å²) in [4.78, 5) is 6.16. The highest BCUT2D eigenvalue weighted by Gasteiger charge is 2.23. The van der Waals surface area contributed by atoms with Gasteiger partial charge < -0.3 is 5.32 Å². The third kappa shape index (κ3) is 3.90. The third-order valence-corrected chi connectivity index (χ3v) is 5.03. The number of nitrogens with zero attached hydrogens (tertiary/aromatic N) is 2. The van der Waals surface area contributed by atoms with Crippen molar-refractivity contribution in [2.45, 2.75) is 25.4 Å². The number of likely N-dealkylation sites (tertiary alicyclic amines) is 1. The number of rotatable bonds is 4. The summed E-state index contributed by atoms with van der Waals surface area (Å²) in [6.45, 7) is 1.56. The van der Waals surface area contributed by atoms with Crippen molar-refractivity contribution in [2.75, 3.05) is 18.4 Å². The van der Waals surface area contributed by atoms with Gasteiger partial charge >= 0.3 is 0 Å². The summed E-state index contributed by atoms with van der Waals surface area (Å²) in [6.07, 6.45) is 5.50. The van der Waals surface area contributed by atoms with E-state index in [1.807, 2.05) is 35.4 Å². The van der Waals surface area contributed by atoms with Crippen molar-refractivity contribution in [1.82, 2.24) is 9.88 Å². The minimum atomic E-state index is -0.891. The Balaban J connectivity index is 1.49. The first-order valence-corrected chi connectivity index (χ1v) is 9.05. The second-order valence-electron chi connectivity index (χ2n) is 6.97. The fourth-order valence-corrected chi connectivity index (χ4v) is 3.73. The van der Waals surface area contributed by atoms with Crippen LogP contribution in [0, 0.1) is 17.5 Å². The zero-order valence-corrected chi connectivity index (χ0v) is 14.8. The molecular weight excluding hydrogens is 351 g/mol. The Kier molecular flexibility index (Phi) is 4.99. The number of hydrogen-bond acceptors (Lipinski definition) is 3. The molecular formula is C21H20F3N3. The Morgan fingerprint density at radius 2 is 1.93 bits per heavy atom. The number of piperidine rings is 1. The van der Waals surface area contributed by atoms with Gasteiger partial charge in [-0.25, -0.2) is 13.2 Å². The fourth-order valence-electron chi connectivity index (χ4n) is 3.73. The molecule has 4 rings (SSSR count). The Morgan fingerprint density at radius 1 is 1.11 bits per heavy atom. The molecule has 1 saturated heterocycles. The monoisotopic (exact) mass is 371 g/mol. The van der Waals surface area contributed by atoms with Gasteiger partial charge in [0, 0.05) is 65.7 Å². The maximum atomic E-state index is 14.0. The molecule has 2 aromatic carbocycles. The first kappa shape index (κ1) is 17.8. The number of pyridine rings is 1. The lowest BCUT2D eigenvalue weighted by molar-refractivity contribution is 0.203. The first-order chi connectivity index (χ1) is 13.1. The van der Waals surface area contributed by atoms with Gasteiger partial charge in [-0.05, 0) is 31.5 Å². The van der Waals surface area contributed by atoms with Crippen molar-refractivity contribution in [2.24, 2.45) is 0 Å². The number of anilines is 1. The van der Waals surface area contributed by atoms with Crippen LogP contribution in [0.1, 0.15) is 18.4 Å². The molecule has 2 heterocycles. The van der Waals surface area contributed by atoms with Crippen LogP contribution in [-0.2, 0) is 6.54 Å².